The minimum absolute atomic E-state index is 0.0349. The van der Waals surface area contributed by atoms with Gasteiger partial charge < -0.3 is 15.4 Å². The summed E-state index contributed by atoms with van der Waals surface area (Å²) in [5.74, 6) is -0.303. The average Bonchev–Trinajstić information content (AvgIpc) is 2.80. The van der Waals surface area contributed by atoms with Crippen molar-refractivity contribution in [3.63, 3.8) is 0 Å². The molecule has 3 aromatic rings. The first-order valence-electron chi connectivity index (χ1n) is 10.1. The van der Waals surface area contributed by atoms with Gasteiger partial charge in [0.05, 0.1) is 4.47 Å². The SMILES string of the molecule is Cc1cccc(NC(=O)COc2ccc(/C=C(\C#N)C(=O)Nc3ccccc3)cc2Br)c1C. The molecule has 0 heterocycles. The number of benzene rings is 3. The van der Waals surface area contributed by atoms with Crippen LogP contribution >= 0.6 is 15.9 Å². The lowest BCUT2D eigenvalue weighted by Crippen LogP contribution is -2.20. The molecular formula is C26H22BrN3O3. The number of nitriles is 1. The number of carbonyl (C=O) groups is 2. The number of halogens is 1. The highest BCUT2D eigenvalue weighted by atomic mass is 79.9. The number of anilines is 2. The van der Waals surface area contributed by atoms with Gasteiger partial charge in [0.15, 0.2) is 6.61 Å². The molecule has 0 aliphatic rings. The fourth-order valence-corrected chi connectivity index (χ4v) is 3.49. The summed E-state index contributed by atoms with van der Waals surface area (Å²) in [5, 5.41) is 14.9. The number of para-hydroxylation sites is 1. The highest BCUT2D eigenvalue weighted by Gasteiger charge is 2.12. The van der Waals surface area contributed by atoms with Gasteiger partial charge in [-0.3, -0.25) is 9.59 Å². The number of amides is 2. The first kappa shape index (κ1) is 23.8. The normalized spacial score (nSPS) is 10.8. The molecule has 2 amide bonds. The molecule has 0 unspecified atom stereocenters. The molecule has 3 rings (SSSR count). The number of aryl methyl sites for hydroxylation is 1. The van der Waals surface area contributed by atoms with Gasteiger partial charge in [-0.1, -0.05) is 36.4 Å². The fourth-order valence-electron chi connectivity index (χ4n) is 2.98. The van der Waals surface area contributed by atoms with Crippen molar-refractivity contribution in [3.05, 3.63) is 93.5 Å². The Morgan fingerprint density at radius 3 is 2.48 bits per heavy atom. The van der Waals surface area contributed by atoms with Crippen LogP contribution in [0.1, 0.15) is 16.7 Å². The molecule has 0 atom stereocenters. The van der Waals surface area contributed by atoms with Crippen LogP contribution in [-0.4, -0.2) is 18.4 Å². The molecule has 166 valence electrons. The molecule has 0 radical (unpaired) electrons. The third-order valence-electron chi connectivity index (χ3n) is 4.90. The van der Waals surface area contributed by atoms with Crippen LogP contribution in [0.4, 0.5) is 11.4 Å². The summed E-state index contributed by atoms with van der Waals surface area (Å²) in [5.41, 5.74) is 4.05. The van der Waals surface area contributed by atoms with Gasteiger partial charge in [-0.25, -0.2) is 0 Å². The molecule has 0 aliphatic carbocycles. The lowest BCUT2D eigenvalue weighted by atomic mass is 10.1. The Morgan fingerprint density at radius 2 is 1.79 bits per heavy atom. The first-order valence-corrected chi connectivity index (χ1v) is 10.9. The Kier molecular flexibility index (Phi) is 8.01. The first-order chi connectivity index (χ1) is 15.9. The van der Waals surface area contributed by atoms with Gasteiger partial charge in [0.25, 0.3) is 11.8 Å². The zero-order chi connectivity index (χ0) is 23.8. The van der Waals surface area contributed by atoms with E-state index in [1.54, 1.807) is 42.5 Å². The molecule has 2 N–H and O–H groups in total. The van der Waals surface area contributed by atoms with Crippen LogP contribution in [0.3, 0.4) is 0 Å². The van der Waals surface area contributed by atoms with Crippen molar-refractivity contribution < 1.29 is 14.3 Å². The third kappa shape index (κ3) is 6.55. The van der Waals surface area contributed by atoms with E-state index in [-0.39, 0.29) is 18.1 Å². The van der Waals surface area contributed by atoms with Gasteiger partial charge in [-0.2, -0.15) is 5.26 Å². The minimum Gasteiger partial charge on any atom is -0.483 e. The molecule has 0 saturated heterocycles. The van der Waals surface area contributed by atoms with E-state index in [1.165, 1.54) is 6.08 Å². The third-order valence-corrected chi connectivity index (χ3v) is 5.52. The van der Waals surface area contributed by atoms with Gasteiger partial charge in [0.2, 0.25) is 0 Å². The molecule has 33 heavy (non-hydrogen) atoms. The van der Waals surface area contributed by atoms with Gasteiger partial charge in [0.1, 0.15) is 17.4 Å². The maximum atomic E-state index is 12.4. The van der Waals surface area contributed by atoms with E-state index in [0.717, 1.165) is 16.8 Å². The quantitative estimate of drug-likeness (QED) is 0.322. The highest BCUT2D eigenvalue weighted by molar-refractivity contribution is 9.10. The predicted octanol–water partition coefficient (Wildman–Crippen LogP) is 5.63. The smallest absolute Gasteiger partial charge is 0.266 e. The molecule has 3 aromatic carbocycles. The van der Waals surface area contributed by atoms with E-state index in [2.05, 4.69) is 26.6 Å². The summed E-state index contributed by atoms with van der Waals surface area (Å²) in [4.78, 5) is 24.7. The topological polar surface area (TPSA) is 91.2 Å². The van der Waals surface area contributed by atoms with Gasteiger partial charge in [-0.15, -0.1) is 0 Å². The van der Waals surface area contributed by atoms with Crippen LogP contribution in [0.15, 0.2) is 76.8 Å². The standard InChI is InChI=1S/C26H22BrN3O3/c1-17-7-6-10-23(18(17)2)30-25(31)16-33-24-12-11-19(14-22(24)27)13-20(15-28)26(32)29-21-8-4-3-5-9-21/h3-14H,16H2,1-2H3,(H,29,32)(H,30,31)/b20-13+. The largest absolute Gasteiger partial charge is 0.483 e. The van der Waals surface area contributed by atoms with Crippen LogP contribution in [0, 0.1) is 25.2 Å². The van der Waals surface area contributed by atoms with Gasteiger partial charge in [0, 0.05) is 11.4 Å². The monoisotopic (exact) mass is 503 g/mol. The van der Waals surface area contributed by atoms with Gasteiger partial charge >= 0.3 is 0 Å². The van der Waals surface area contributed by atoms with Crippen molar-refractivity contribution in [1.29, 1.82) is 5.26 Å². The maximum Gasteiger partial charge on any atom is 0.266 e. The van der Waals surface area contributed by atoms with Crippen molar-refractivity contribution in [2.45, 2.75) is 13.8 Å². The van der Waals surface area contributed by atoms with Crippen LogP contribution in [0.25, 0.3) is 6.08 Å². The molecule has 0 spiro atoms. The fraction of sp³-hybridized carbons (Fsp3) is 0.115. The Morgan fingerprint density at radius 1 is 1.03 bits per heavy atom. The molecule has 0 saturated carbocycles. The Labute approximate surface area is 201 Å². The molecule has 0 aliphatic heterocycles. The molecule has 0 aromatic heterocycles. The maximum absolute atomic E-state index is 12.4. The number of hydrogen-bond donors (Lipinski definition) is 2. The number of nitrogens with one attached hydrogen (secondary N) is 2. The van der Waals surface area contributed by atoms with Crippen LogP contribution in [0.5, 0.6) is 5.75 Å². The van der Waals surface area contributed by atoms with Crippen LogP contribution in [-0.2, 0) is 9.59 Å². The number of nitrogens with zero attached hydrogens (tertiary/aromatic N) is 1. The number of rotatable bonds is 7. The second-order valence-corrected chi connectivity index (χ2v) is 8.12. The summed E-state index contributed by atoms with van der Waals surface area (Å²) in [6.45, 7) is 3.77. The molecule has 0 fully saturated rings. The zero-order valence-corrected chi connectivity index (χ0v) is 19.8. The Bertz CT molecular complexity index is 1250. The Balaban J connectivity index is 1.64. The number of hydrogen-bond acceptors (Lipinski definition) is 4. The lowest BCUT2D eigenvalue weighted by molar-refractivity contribution is -0.118. The number of carbonyl (C=O) groups excluding carboxylic acids is 2. The summed E-state index contributed by atoms with van der Waals surface area (Å²) < 4.78 is 6.22. The summed E-state index contributed by atoms with van der Waals surface area (Å²) >= 11 is 3.42. The zero-order valence-electron chi connectivity index (χ0n) is 18.2. The van der Waals surface area contributed by atoms with Crippen molar-refractivity contribution in [3.8, 4) is 11.8 Å². The predicted molar refractivity (Wildman–Crippen MR) is 133 cm³/mol. The molecule has 0 bridgehead atoms. The van der Waals surface area contributed by atoms with E-state index < -0.39 is 5.91 Å². The molecule has 7 heteroatoms. The Hall–Kier alpha value is -3.89. The summed E-state index contributed by atoms with van der Waals surface area (Å²) in [7, 11) is 0. The van der Waals surface area contributed by atoms with E-state index in [0.29, 0.717) is 21.5 Å². The molecular weight excluding hydrogens is 482 g/mol. The van der Waals surface area contributed by atoms with Crippen LogP contribution < -0.4 is 15.4 Å². The lowest BCUT2D eigenvalue weighted by Gasteiger charge is -2.12. The van der Waals surface area contributed by atoms with Gasteiger partial charge in [-0.05, 0) is 82.9 Å². The number of ether oxygens (including phenoxy) is 1. The van der Waals surface area contributed by atoms with E-state index in [1.807, 2.05) is 44.2 Å². The van der Waals surface area contributed by atoms with Crippen molar-refractivity contribution in [2.24, 2.45) is 0 Å². The average molecular weight is 504 g/mol. The van der Waals surface area contributed by atoms with Crippen molar-refractivity contribution >= 4 is 45.2 Å². The van der Waals surface area contributed by atoms with E-state index >= 15 is 0 Å². The van der Waals surface area contributed by atoms with Crippen molar-refractivity contribution in [1.82, 2.24) is 0 Å². The second kappa shape index (κ2) is 11.1. The van der Waals surface area contributed by atoms with E-state index in [9.17, 15) is 14.9 Å². The van der Waals surface area contributed by atoms with E-state index in [4.69, 9.17) is 4.74 Å². The summed E-state index contributed by atoms with van der Waals surface area (Å²) in [6.07, 6.45) is 1.49. The highest BCUT2D eigenvalue weighted by Crippen LogP contribution is 2.27. The second-order valence-electron chi connectivity index (χ2n) is 7.26. The van der Waals surface area contributed by atoms with Crippen molar-refractivity contribution in [2.75, 3.05) is 17.2 Å². The van der Waals surface area contributed by atoms with Crippen LogP contribution in [0.2, 0.25) is 0 Å². The summed E-state index contributed by atoms with van der Waals surface area (Å²) in [6, 6.07) is 21.6. The molecule has 6 nitrogen and oxygen atoms in total. The minimum atomic E-state index is -0.497.